The SMILES string of the molecule is CN=C(NCC(C)c1ccsc1)NC1CCN(c2ccc(F)cc2F)C1. The normalized spacial score (nSPS) is 18.8. The molecule has 2 heterocycles. The van der Waals surface area contributed by atoms with Crippen LogP contribution in [0.25, 0.3) is 0 Å². The molecule has 2 unspecified atom stereocenters. The summed E-state index contributed by atoms with van der Waals surface area (Å²) in [4.78, 5) is 6.22. The molecule has 1 aliphatic heterocycles. The lowest BCUT2D eigenvalue weighted by atomic mass is 10.1. The van der Waals surface area contributed by atoms with Gasteiger partial charge in [-0.1, -0.05) is 6.92 Å². The molecule has 0 aliphatic carbocycles. The number of aliphatic imine (C=N–C) groups is 1. The Bertz CT molecular complexity index is 748. The maximum atomic E-state index is 14.0. The molecule has 1 aromatic heterocycles. The third-order valence-corrected chi connectivity index (χ3v) is 5.39. The maximum absolute atomic E-state index is 14.0. The fraction of sp³-hybridized carbons (Fsp3) is 0.421. The molecular formula is C19H24F2N4S. The Hall–Kier alpha value is -2.15. The average molecular weight is 378 g/mol. The van der Waals surface area contributed by atoms with Crippen LogP contribution in [0.2, 0.25) is 0 Å². The Morgan fingerprint density at radius 1 is 1.38 bits per heavy atom. The Labute approximate surface area is 156 Å². The van der Waals surface area contributed by atoms with E-state index in [9.17, 15) is 8.78 Å². The highest BCUT2D eigenvalue weighted by Gasteiger charge is 2.25. The molecule has 0 radical (unpaired) electrons. The Kier molecular flexibility index (Phi) is 6.08. The summed E-state index contributed by atoms with van der Waals surface area (Å²) < 4.78 is 27.1. The molecule has 1 aromatic carbocycles. The van der Waals surface area contributed by atoms with E-state index < -0.39 is 11.6 Å². The first-order valence-corrected chi connectivity index (χ1v) is 9.70. The zero-order valence-electron chi connectivity index (χ0n) is 15.0. The second kappa shape index (κ2) is 8.49. The van der Waals surface area contributed by atoms with E-state index in [4.69, 9.17) is 0 Å². The number of halogens is 2. The van der Waals surface area contributed by atoms with Gasteiger partial charge >= 0.3 is 0 Å². The number of guanidine groups is 1. The van der Waals surface area contributed by atoms with Crippen LogP contribution in [0.1, 0.15) is 24.8 Å². The molecule has 0 amide bonds. The number of nitrogens with zero attached hydrogens (tertiary/aromatic N) is 2. The summed E-state index contributed by atoms with van der Waals surface area (Å²) in [6.07, 6.45) is 0.873. The van der Waals surface area contributed by atoms with E-state index in [0.717, 1.165) is 31.5 Å². The summed E-state index contributed by atoms with van der Waals surface area (Å²) in [6.45, 7) is 4.35. The predicted octanol–water partition coefficient (Wildman–Crippen LogP) is 3.57. The molecule has 0 saturated carbocycles. The second-order valence-electron chi connectivity index (χ2n) is 6.58. The van der Waals surface area contributed by atoms with Crippen molar-refractivity contribution in [3.05, 3.63) is 52.2 Å². The van der Waals surface area contributed by atoms with Gasteiger partial charge in [-0.2, -0.15) is 11.3 Å². The fourth-order valence-corrected chi connectivity index (χ4v) is 3.93. The monoisotopic (exact) mass is 378 g/mol. The van der Waals surface area contributed by atoms with Crippen LogP contribution in [0.5, 0.6) is 0 Å². The van der Waals surface area contributed by atoms with Crippen LogP contribution < -0.4 is 15.5 Å². The molecule has 7 heteroatoms. The lowest BCUT2D eigenvalue weighted by Crippen LogP contribution is -2.45. The first-order valence-electron chi connectivity index (χ1n) is 8.76. The quantitative estimate of drug-likeness (QED) is 0.617. The summed E-state index contributed by atoms with van der Waals surface area (Å²) in [7, 11) is 1.75. The molecule has 0 bridgehead atoms. The van der Waals surface area contributed by atoms with Crippen molar-refractivity contribution in [2.45, 2.75) is 25.3 Å². The van der Waals surface area contributed by atoms with E-state index in [1.165, 1.54) is 17.7 Å². The number of thiophene rings is 1. The molecule has 1 aliphatic rings. The second-order valence-corrected chi connectivity index (χ2v) is 7.36. The minimum absolute atomic E-state index is 0.169. The van der Waals surface area contributed by atoms with E-state index >= 15 is 0 Å². The Morgan fingerprint density at radius 2 is 2.23 bits per heavy atom. The van der Waals surface area contributed by atoms with Crippen molar-refractivity contribution in [2.24, 2.45) is 4.99 Å². The number of benzene rings is 1. The summed E-state index contributed by atoms with van der Waals surface area (Å²) >= 11 is 1.70. The van der Waals surface area contributed by atoms with Crippen LogP contribution in [0, 0.1) is 11.6 Å². The molecule has 0 spiro atoms. The van der Waals surface area contributed by atoms with Crippen LogP contribution in [0.4, 0.5) is 14.5 Å². The minimum Gasteiger partial charge on any atom is -0.367 e. The first kappa shape index (κ1) is 18.6. The van der Waals surface area contributed by atoms with Crippen LogP contribution in [-0.4, -0.2) is 38.7 Å². The molecule has 1 fully saturated rings. The highest BCUT2D eigenvalue weighted by atomic mass is 32.1. The summed E-state index contributed by atoms with van der Waals surface area (Å²) in [5.41, 5.74) is 1.77. The molecule has 2 aromatic rings. The van der Waals surface area contributed by atoms with Gasteiger partial charge in [-0.25, -0.2) is 8.78 Å². The topological polar surface area (TPSA) is 39.7 Å². The van der Waals surface area contributed by atoms with Crippen molar-refractivity contribution in [1.82, 2.24) is 10.6 Å². The number of anilines is 1. The average Bonchev–Trinajstić information content (AvgIpc) is 3.30. The summed E-state index contributed by atoms with van der Waals surface area (Å²) in [5.74, 6) is 0.0777. The minimum atomic E-state index is -0.551. The fourth-order valence-electron chi connectivity index (χ4n) is 3.15. The van der Waals surface area contributed by atoms with Crippen molar-refractivity contribution < 1.29 is 8.78 Å². The van der Waals surface area contributed by atoms with Gasteiger partial charge in [-0.15, -0.1) is 0 Å². The van der Waals surface area contributed by atoms with E-state index in [-0.39, 0.29) is 6.04 Å². The molecule has 140 valence electrons. The number of hydrogen-bond donors (Lipinski definition) is 2. The number of nitrogens with one attached hydrogen (secondary N) is 2. The van der Waals surface area contributed by atoms with E-state index in [2.05, 4.69) is 39.4 Å². The standard InChI is InChI=1S/C19H24F2N4S/c1-13(14-6-8-26-12-14)10-23-19(22-2)24-16-5-7-25(11-16)18-4-3-15(20)9-17(18)21/h3-4,6,8-9,12-13,16H,5,7,10-11H2,1-2H3,(H2,22,23,24). The lowest BCUT2D eigenvalue weighted by Gasteiger charge is -2.21. The zero-order chi connectivity index (χ0) is 18.5. The third-order valence-electron chi connectivity index (χ3n) is 4.69. The van der Waals surface area contributed by atoms with Gasteiger partial charge in [0.1, 0.15) is 11.6 Å². The van der Waals surface area contributed by atoms with Gasteiger partial charge in [0.25, 0.3) is 0 Å². The van der Waals surface area contributed by atoms with Gasteiger partial charge in [0.15, 0.2) is 5.96 Å². The smallest absolute Gasteiger partial charge is 0.191 e. The molecular weight excluding hydrogens is 354 g/mol. The number of hydrogen-bond acceptors (Lipinski definition) is 3. The van der Waals surface area contributed by atoms with Gasteiger partial charge in [0.2, 0.25) is 0 Å². The van der Waals surface area contributed by atoms with Gasteiger partial charge in [-0.3, -0.25) is 4.99 Å². The van der Waals surface area contributed by atoms with Crippen LogP contribution in [-0.2, 0) is 0 Å². The maximum Gasteiger partial charge on any atom is 0.191 e. The number of rotatable bonds is 5. The highest BCUT2D eigenvalue weighted by molar-refractivity contribution is 7.07. The largest absolute Gasteiger partial charge is 0.367 e. The van der Waals surface area contributed by atoms with E-state index in [1.807, 2.05) is 4.90 Å². The van der Waals surface area contributed by atoms with Crippen molar-refractivity contribution in [3.63, 3.8) is 0 Å². The van der Waals surface area contributed by atoms with Crippen LogP contribution in [0.15, 0.2) is 40.0 Å². The molecule has 3 rings (SSSR count). The molecule has 26 heavy (non-hydrogen) atoms. The van der Waals surface area contributed by atoms with Gasteiger partial charge in [0, 0.05) is 38.8 Å². The van der Waals surface area contributed by atoms with Crippen molar-refractivity contribution >= 4 is 23.0 Å². The lowest BCUT2D eigenvalue weighted by molar-refractivity contribution is 0.580. The summed E-state index contributed by atoms with van der Waals surface area (Å²) in [6, 6.07) is 6.04. The Balaban J connectivity index is 1.52. The zero-order valence-corrected chi connectivity index (χ0v) is 15.8. The molecule has 1 saturated heterocycles. The van der Waals surface area contributed by atoms with Gasteiger partial charge in [-0.05, 0) is 46.9 Å². The highest BCUT2D eigenvalue weighted by Crippen LogP contribution is 2.24. The van der Waals surface area contributed by atoms with Crippen molar-refractivity contribution in [3.8, 4) is 0 Å². The first-order chi connectivity index (χ1) is 12.6. The van der Waals surface area contributed by atoms with Crippen LogP contribution in [0.3, 0.4) is 0 Å². The van der Waals surface area contributed by atoms with Gasteiger partial charge < -0.3 is 15.5 Å². The van der Waals surface area contributed by atoms with Crippen molar-refractivity contribution in [2.75, 3.05) is 31.6 Å². The van der Waals surface area contributed by atoms with E-state index in [1.54, 1.807) is 18.4 Å². The van der Waals surface area contributed by atoms with Gasteiger partial charge in [0.05, 0.1) is 5.69 Å². The predicted molar refractivity (Wildman–Crippen MR) is 104 cm³/mol. The van der Waals surface area contributed by atoms with Crippen molar-refractivity contribution in [1.29, 1.82) is 0 Å². The third kappa shape index (κ3) is 4.52. The van der Waals surface area contributed by atoms with E-state index in [0.29, 0.717) is 18.2 Å². The summed E-state index contributed by atoms with van der Waals surface area (Å²) in [5, 5.41) is 11.0. The molecule has 2 N–H and O–H groups in total. The molecule has 2 atom stereocenters. The Morgan fingerprint density at radius 3 is 2.92 bits per heavy atom. The molecule has 4 nitrogen and oxygen atoms in total. The van der Waals surface area contributed by atoms with Crippen LogP contribution >= 0.6 is 11.3 Å².